The lowest BCUT2D eigenvalue weighted by molar-refractivity contribution is -0.294. The minimum Gasteiger partial charge on any atom is -0.200 e. The monoisotopic (exact) mass is 169 g/mol. The average Bonchev–Trinajstić information content (AvgIpc) is 2.00. The third-order valence-corrected chi connectivity index (χ3v) is 1.59. The van der Waals surface area contributed by atoms with Gasteiger partial charge in [0.1, 0.15) is 6.61 Å². The van der Waals surface area contributed by atoms with E-state index in [9.17, 15) is 5.26 Å². The van der Waals surface area contributed by atoms with Gasteiger partial charge in [0.2, 0.25) is 0 Å². The molecule has 0 unspecified atom stereocenters. The Balaban J connectivity index is 3.56. The van der Waals surface area contributed by atoms with E-state index in [-0.39, 0.29) is 6.61 Å². The summed E-state index contributed by atoms with van der Waals surface area (Å²) in [5.74, 6) is 0. The van der Waals surface area contributed by atoms with Crippen LogP contribution in [0.15, 0.2) is 23.3 Å². The zero-order valence-electron chi connectivity index (χ0n) is 8.09. The van der Waals surface area contributed by atoms with E-state index in [0.29, 0.717) is 0 Å². The maximum absolute atomic E-state index is 9.66. The molecule has 0 aromatic carbocycles. The van der Waals surface area contributed by atoms with Crippen LogP contribution in [-0.4, -0.2) is 6.61 Å². The molecule has 12 heavy (non-hydrogen) atoms. The van der Waals surface area contributed by atoms with Gasteiger partial charge in [0.15, 0.2) is 0 Å². The minimum absolute atomic E-state index is 0.181. The van der Waals surface area contributed by atoms with Crippen LogP contribution in [-0.2, 0) is 10.1 Å². The first kappa shape index (κ1) is 11.4. The van der Waals surface area contributed by atoms with Crippen LogP contribution in [0.3, 0.4) is 0 Å². The van der Waals surface area contributed by atoms with Crippen molar-refractivity contribution in [1.29, 1.82) is 0 Å². The molecule has 0 spiro atoms. The second-order valence-corrected chi connectivity index (χ2v) is 3.16. The minimum atomic E-state index is 0.181. The Bertz CT molecular complexity index is 165. The molecule has 0 saturated heterocycles. The highest BCUT2D eigenvalue weighted by Gasteiger charge is 1.88. The Morgan fingerprint density at radius 3 is 2.42 bits per heavy atom. The van der Waals surface area contributed by atoms with Crippen LogP contribution in [0.25, 0.3) is 0 Å². The van der Waals surface area contributed by atoms with Gasteiger partial charge >= 0.3 is 0 Å². The summed E-state index contributed by atoms with van der Waals surface area (Å²) < 4.78 is 0. The van der Waals surface area contributed by atoms with Gasteiger partial charge in [-0.3, -0.25) is 0 Å². The Morgan fingerprint density at radius 2 is 1.92 bits per heavy atom. The van der Waals surface area contributed by atoms with E-state index >= 15 is 0 Å². The van der Waals surface area contributed by atoms with Gasteiger partial charge in [0.25, 0.3) is 0 Å². The fraction of sp³-hybridized carbons (Fsp3) is 0.600. The van der Waals surface area contributed by atoms with Crippen LogP contribution < -0.4 is 0 Å². The van der Waals surface area contributed by atoms with Crippen molar-refractivity contribution in [1.82, 2.24) is 0 Å². The van der Waals surface area contributed by atoms with E-state index in [0.717, 1.165) is 12.8 Å². The maximum Gasteiger partial charge on any atom is 0.104 e. The Kier molecular flexibility index (Phi) is 6.72. The highest BCUT2D eigenvalue weighted by Crippen LogP contribution is 2.05. The van der Waals surface area contributed by atoms with E-state index in [1.807, 2.05) is 13.0 Å². The number of hydrogen-bond donors (Lipinski definition) is 0. The quantitative estimate of drug-likeness (QED) is 0.353. The summed E-state index contributed by atoms with van der Waals surface area (Å²) in [6, 6.07) is 0. The zero-order chi connectivity index (χ0) is 9.40. The van der Waals surface area contributed by atoms with Gasteiger partial charge in [-0.05, 0) is 38.9 Å². The third kappa shape index (κ3) is 7.51. The fourth-order valence-electron chi connectivity index (χ4n) is 0.867. The Hall–Kier alpha value is -0.600. The lowest BCUT2D eigenvalue weighted by atomic mass is 10.1. The molecule has 2 nitrogen and oxygen atoms in total. The van der Waals surface area contributed by atoms with Crippen molar-refractivity contribution < 1.29 is 10.1 Å². The van der Waals surface area contributed by atoms with E-state index in [4.69, 9.17) is 0 Å². The lowest BCUT2D eigenvalue weighted by Gasteiger charge is -1.97. The van der Waals surface area contributed by atoms with Crippen molar-refractivity contribution in [3.8, 4) is 0 Å². The molecule has 0 bridgehead atoms. The fourth-order valence-corrected chi connectivity index (χ4v) is 0.867. The van der Waals surface area contributed by atoms with Crippen LogP contribution in [0, 0.1) is 0 Å². The molecular formula is C10H17O2. The first-order valence-corrected chi connectivity index (χ1v) is 4.20. The summed E-state index contributed by atoms with van der Waals surface area (Å²) in [7, 11) is 0. The molecule has 0 saturated carbocycles. The third-order valence-electron chi connectivity index (χ3n) is 1.59. The zero-order valence-corrected chi connectivity index (χ0v) is 8.09. The Labute approximate surface area is 74.5 Å². The molecule has 0 heterocycles. The van der Waals surface area contributed by atoms with E-state index in [1.165, 1.54) is 11.1 Å². The largest absolute Gasteiger partial charge is 0.200 e. The average molecular weight is 169 g/mol. The number of hydrogen-bond acceptors (Lipinski definition) is 1. The van der Waals surface area contributed by atoms with Crippen LogP contribution in [0.2, 0.25) is 0 Å². The van der Waals surface area contributed by atoms with Gasteiger partial charge in [-0.2, -0.15) is 4.89 Å². The first-order chi connectivity index (χ1) is 5.66. The van der Waals surface area contributed by atoms with Gasteiger partial charge in [0, 0.05) is 0 Å². The number of rotatable bonds is 5. The van der Waals surface area contributed by atoms with Gasteiger partial charge in [-0.15, -0.1) is 0 Å². The molecule has 0 aliphatic heterocycles. The predicted molar refractivity (Wildman–Crippen MR) is 49.1 cm³/mol. The van der Waals surface area contributed by atoms with E-state index in [2.05, 4.69) is 24.8 Å². The number of allylic oxidation sites excluding steroid dienone is 3. The molecule has 69 valence electrons. The molecule has 2 heteroatoms. The molecule has 0 aromatic rings. The van der Waals surface area contributed by atoms with Gasteiger partial charge in [-0.1, -0.05) is 23.3 Å². The van der Waals surface area contributed by atoms with Crippen LogP contribution in [0.5, 0.6) is 0 Å². The highest BCUT2D eigenvalue weighted by atomic mass is 17.1. The molecular weight excluding hydrogens is 152 g/mol. The van der Waals surface area contributed by atoms with Crippen molar-refractivity contribution >= 4 is 0 Å². The Morgan fingerprint density at radius 1 is 1.25 bits per heavy atom. The predicted octanol–water partition coefficient (Wildman–Crippen LogP) is 3.04. The van der Waals surface area contributed by atoms with Crippen molar-refractivity contribution in [3.05, 3.63) is 23.3 Å². The van der Waals surface area contributed by atoms with Crippen molar-refractivity contribution in [2.24, 2.45) is 0 Å². The molecule has 0 aromatic heterocycles. The maximum atomic E-state index is 9.66. The van der Waals surface area contributed by atoms with Gasteiger partial charge in [0.05, 0.1) is 0 Å². The summed E-state index contributed by atoms with van der Waals surface area (Å²) in [5, 5.41) is 9.66. The van der Waals surface area contributed by atoms with Crippen LogP contribution in [0.4, 0.5) is 0 Å². The lowest BCUT2D eigenvalue weighted by Crippen LogP contribution is -1.84. The summed E-state index contributed by atoms with van der Waals surface area (Å²) in [6.07, 6.45) is 6.07. The molecule has 0 N–H and O–H groups in total. The molecule has 0 atom stereocenters. The summed E-state index contributed by atoms with van der Waals surface area (Å²) in [4.78, 5) is 3.70. The molecule has 0 rings (SSSR count). The first-order valence-electron chi connectivity index (χ1n) is 4.20. The topological polar surface area (TPSA) is 29.1 Å². The summed E-state index contributed by atoms with van der Waals surface area (Å²) >= 11 is 0. The second-order valence-electron chi connectivity index (χ2n) is 3.16. The molecule has 0 aliphatic carbocycles. The molecule has 0 amide bonds. The standard InChI is InChI=1S/C10H17O2/c1-9(2)5-4-6-10(3)7-8-12-11/h5,7H,4,6,8H2,1-3H3/b10-7+. The van der Waals surface area contributed by atoms with Crippen molar-refractivity contribution in [2.45, 2.75) is 33.6 Å². The van der Waals surface area contributed by atoms with Gasteiger partial charge in [-0.25, -0.2) is 0 Å². The normalized spacial score (nSPS) is 11.5. The second kappa shape index (κ2) is 7.07. The smallest absolute Gasteiger partial charge is 0.104 e. The van der Waals surface area contributed by atoms with Crippen LogP contribution >= 0.6 is 0 Å². The van der Waals surface area contributed by atoms with Crippen molar-refractivity contribution in [3.63, 3.8) is 0 Å². The molecule has 1 radical (unpaired) electrons. The summed E-state index contributed by atoms with van der Waals surface area (Å²) in [5.41, 5.74) is 2.55. The molecule has 0 aliphatic rings. The van der Waals surface area contributed by atoms with Crippen molar-refractivity contribution in [2.75, 3.05) is 6.61 Å². The summed E-state index contributed by atoms with van der Waals surface area (Å²) in [6.45, 7) is 6.36. The SMILES string of the molecule is CC(C)=CCC/C(C)=C/CO[O]. The highest BCUT2D eigenvalue weighted by molar-refractivity contribution is 5.01. The van der Waals surface area contributed by atoms with Crippen LogP contribution in [0.1, 0.15) is 33.6 Å². The van der Waals surface area contributed by atoms with E-state index in [1.54, 1.807) is 0 Å². The molecule has 0 fully saturated rings. The van der Waals surface area contributed by atoms with E-state index < -0.39 is 0 Å². The van der Waals surface area contributed by atoms with Gasteiger partial charge < -0.3 is 0 Å².